The molecule has 8 nitrogen and oxygen atoms in total. The molecular formula is C19H15NO7. The largest absolute Gasteiger partial charge is 0.504 e. The summed E-state index contributed by atoms with van der Waals surface area (Å²) in [6.07, 6.45) is 0. The van der Waals surface area contributed by atoms with Crippen LogP contribution in [-0.2, 0) is 0 Å². The van der Waals surface area contributed by atoms with Crippen LogP contribution in [0.4, 0.5) is 0 Å². The zero-order valence-corrected chi connectivity index (χ0v) is 14.1. The molecule has 8 heteroatoms. The van der Waals surface area contributed by atoms with E-state index in [-0.39, 0.29) is 5.56 Å². The van der Waals surface area contributed by atoms with Crippen LogP contribution in [0.1, 0.15) is 31.8 Å². The third-order valence-corrected chi connectivity index (χ3v) is 3.86. The average molecular weight is 369 g/mol. The van der Waals surface area contributed by atoms with Crippen molar-refractivity contribution in [2.75, 3.05) is 0 Å². The first-order chi connectivity index (χ1) is 12.8. The van der Waals surface area contributed by atoms with Crippen molar-refractivity contribution in [3.63, 3.8) is 0 Å². The zero-order chi connectivity index (χ0) is 19.7. The lowest BCUT2D eigenvalue weighted by atomic mass is 9.99. The van der Waals surface area contributed by atoms with Gasteiger partial charge in [0.05, 0.1) is 0 Å². The molecule has 0 atom stereocenters. The van der Waals surface area contributed by atoms with Gasteiger partial charge in [0.1, 0.15) is 5.56 Å². The van der Waals surface area contributed by atoms with E-state index in [9.17, 15) is 30.0 Å². The predicted molar refractivity (Wildman–Crippen MR) is 93.1 cm³/mol. The Hall–Kier alpha value is -3.94. The minimum absolute atomic E-state index is 0.0537. The van der Waals surface area contributed by atoms with E-state index in [0.29, 0.717) is 10.3 Å². The van der Waals surface area contributed by atoms with Crippen LogP contribution < -0.4 is 4.84 Å². The van der Waals surface area contributed by atoms with E-state index in [0.717, 1.165) is 29.8 Å². The van der Waals surface area contributed by atoms with E-state index in [1.807, 2.05) is 6.92 Å². The Bertz CT molecular complexity index is 1020. The summed E-state index contributed by atoms with van der Waals surface area (Å²) in [6, 6.07) is 10.9. The van der Waals surface area contributed by atoms with Gasteiger partial charge in [0.2, 0.25) is 11.8 Å². The van der Waals surface area contributed by atoms with Gasteiger partial charge in [-0.2, -0.15) is 0 Å². The number of hydrogen-bond acceptors (Lipinski definition) is 7. The number of ketones is 1. The highest BCUT2D eigenvalue weighted by molar-refractivity contribution is 6.10. The first kappa shape index (κ1) is 17.9. The summed E-state index contributed by atoms with van der Waals surface area (Å²) in [5.41, 5.74) is 0.710. The number of hydrogen-bond donors (Lipinski definition) is 4. The van der Waals surface area contributed by atoms with Crippen LogP contribution in [0.5, 0.6) is 23.3 Å². The third-order valence-electron chi connectivity index (χ3n) is 3.86. The summed E-state index contributed by atoms with van der Waals surface area (Å²) in [5, 5.41) is 38.9. The number of phenols is 2. The molecule has 1 aromatic heterocycles. The molecule has 2 aromatic carbocycles. The zero-order valence-electron chi connectivity index (χ0n) is 14.1. The van der Waals surface area contributed by atoms with Gasteiger partial charge >= 0.3 is 5.97 Å². The van der Waals surface area contributed by atoms with Crippen LogP contribution in [0.25, 0.3) is 0 Å². The Labute approximate surface area is 153 Å². The number of carbonyl (C=O) groups is 2. The maximum Gasteiger partial charge on any atom is 0.367 e. The lowest BCUT2D eigenvalue weighted by Crippen LogP contribution is -2.19. The first-order valence-corrected chi connectivity index (χ1v) is 7.77. The van der Waals surface area contributed by atoms with Crippen LogP contribution in [0, 0.1) is 6.92 Å². The molecule has 3 aromatic rings. The molecule has 0 saturated carbocycles. The fourth-order valence-electron chi connectivity index (χ4n) is 2.40. The van der Waals surface area contributed by atoms with Crippen molar-refractivity contribution in [1.82, 2.24) is 4.73 Å². The quantitative estimate of drug-likeness (QED) is 0.409. The minimum Gasteiger partial charge on any atom is -0.504 e. The summed E-state index contributed by atoms with van der Waals surface area (Å²) in [5.74, 6) is -4.30. The number of aromatic hydroxyl groups is 4. The Balaban J connectivity index is 1.97. The monoisotopic (exact) mass is 369 g/mol. The van der Waals surface area contributed by atoms with Crippen molar-refractivity contribution in [1.29, 1.82) is 0 Å². The second-order valence-corrected chi connectivity index (χ2v) is 5.81. The molecule has 0 amide bonds. The van der Waals surface area contributed by atoms with E-state index in [1.165, 1.54) is 0 Å². The SMILES string of the molecule is Cc1ccc(C(=O)c2cc(O)c(O)c(C(=O)On3c(O)ccc3O)c2)cc1. The molecule has 0 bridgehead atoms. The molecular weight excluding hydrogens is 354 g/mol. The van der Waals surface area contributed by atoms with E-state index in [4.69, 9.17) is 4.84 Å². The molecule has 1 heterocycles. The number of nitrogens with zero attached hydrogens (tertiary/aromatic N) is 1. The standard InChI is InChI=1S/C19H15NO7/c1-10-2-4-11(5-3-10)17(24)12-8-13(18(25)14(21)9-12)19(26)27-20-15(22)6-7-16(20)23/h2-9,21-23,25H,1H3. The number of rotatable bonds is 4. The average Bonchev–Trinajstić information content (AvgIpc) is 2.95. The molecule has 0 fully saturated rings. The summed E-state index contributed by atoms with van der Waals surface area (Å²) < 4.78 is 0.424. The smallest absolute Gasteiger partial charge is 0.367 e. The molecule has 0 spiro atoms. The maximum atomic E-state index is 12.6. The summed E-state index contributed by atoms with van der Waals surface area (Å²) >= 11 is 0. The molecule has 0 aliphatic rings. The molecule has 0 radical (unpaired) electrons. The Morgan fingerprint density at radius 3 is 2.04 bits per heavy atom. The van der Waals surface area contributed by atoms with E-state index < -0.39 is 40.6 Å². The van der Waals surface area contributed by atoms with Crippen LogP contribution in [0.2, 0.25) is 0 Å². The summed E-state index contributed by atoms with van der Waals surface area (Å²) in [7, 11) is 0. The van der Waals surface area contributed by atoms with Crippen molar-refractivity contribution in [3.8, 4) is 23.3 Å². The number of phenolic OH excluding ortho intramolecular Hbond substituents is 2. The molecule has 138 valence electrons. The van der Waals surface area contributed by atoms with Gasteiger partial charge in [-0.25, -0.2) is 4.79 Å². The Kier molecular flexibility index (Phi) is 4.47. The van der Waals surface area contributed by atoms with Gasteiger partial charge in [-0.1, -0.05) is 29.8 Å². The molecule has 27 heavy (non-hydrogen) atoms. The van der Waals surface area contributed by atoms with Crippen LogP contribution in [-0.4, -0.2) is 36.9 Å². The first-order valence-electron chi connectivity index (χ1n) is 7.77. The van der Waals surface area contributed by atoms with Crippen molar-refractivity contribution in [3.05, 3.63) is 70.8 Å². The second-order valence-electron chi connectivity index (χ2n) is 5.81. The highest BCUT2D eigenvalue weighted by Gasteiger charge is 2.23. The molecule has 0 aliphatic carbocycles. The van der Waals surface area contributed by atoms with Gasteiger partial charge in [0.15, 0.2) is 17.3 Å². The topological polar surface area (TPSA) is 129 Å². The van der Waals surface area contributed by atoms with Gasteiger partial charge in [-0.15, -0.1) is 4.73 Å². The van der Waals surface area contributed by atoms with E-state index in [1.54, 1.807) is 24.3 Å². The lowest BCUT2D eigenvalue weighted by molar-refractivity contribution is 0.0378. The van der Waals surface area contributed by atoms with E-state index >= 15 is 0 Å². The lowest BCUT2D eigenvalue weighted by Gasteiger charge is -2.10. The van der Waals surface area contributed by atoms with Crippen molar-refractivity contribution < 1.29 is 34.9 Å². The highest BCUT2D eigenvalue weighted by Crippen LogP contribution is 2.32. The van der Waals surface area contributed by atoms with Gasteiger partial charge < -0.3 is 25.3 Å². The van der Waals surface area contributed by atoms with Gasteiger partial charge in [-0.05, 0) is 19.1 Å². The van der Waals surface area contributed by atoms with Gasteiger partial charge in [0, 0.05) is 23.3 Å². The van der Waals surface area contributed by atoms with Gasteiger partial charge in [0.25, 0.3) is 0 Å². The molecule has 4 N–H and O–H groups in total. The fraction of sp³-hybridized carbons (Fsp3) is 0.0526. The number of aromatic nitrogens is 1. The van der Waals surface area contributed by atoms with Crippen LogP contribution in [0.3, 0.4) is 0 Å². The Morgan fingerprint density at radius 1 is 0.852 bits per heavy atom. The predicted octanol–water partition coefficient (Wildman–Crippen LogP) is 2.12. The van der Waals surface area contributed by atoms with E-state index in [2.05, 4.69) is 0 Å². The fourth-order valence-corrected chi connectivity index (χ4v) is 2.40. The minimum atomic E-state index is -1.21. The molecule has 3 rings (SSSR count). The molecule has 0 aliphatic heterocycles. The third kappa shape index (κ3) is 3.40. The second kappa shape index (κ2) is 6.75. The molecule has 0 unspecified atom stereocenters. The number of aryl methyl sites for hydroxylation is 1. The maximum absolute atomic E-state index is 12.6. The highest BCUT2D eigenvalue weighted by atomic mass is 16.7. The molecule has 0 saturated heterocycles. The number of benzene rings is 2. The van der Waals surface area contributed by atoms with Crippen molar-refractivity contribution in [2.24, 2.45) is 0 Å². The van der Waals surface area contributed by atoms with Crippen LogP contribution in [0.15, 0.2) is 48.5 Å². The van der Waals surface area contributed by atoms with Gasteiger partial charge in [-0.3, -0.25) is 4.79 Å². The summed E-state index contributed by atoms with van der Waals surface area (Å²) in [6.45, 7) is 1.86. The van der Waals surface area contributed by atoms with Crippen molar-refractivity contribution >= 4 is 11.8 Å². The summed E-state index contributed by atoms with van der Waals surface area (Å²) in [4.78, 5) is 29.7. The normalized spacial score (nSPS) is 10.6. The van der Waals surface area contributed by atoms with Crippen LogP contribution >= 0.6 is 0 Å². The number of carbonyl (C=O) groups excluding carboxylic acids is 2. The van der Waals surface area contributed by atoms with Crippen molar-refractivity contribution in [2.45, 2.75) is 6.92 Å². The Morgan fingerprint density at radius 2 is 1.44 bits per heavy atom.